The topological polar surface area (TPSA) is 77.6 Å². The molecule has 0 saturated carbocycles. The molecule has 1 aliphatic carbocycles. The zero-order valence-electron chi connectivity index (χ0n) is 16.0. The molecule has 27 heavy (non-hydrogen) atoms. The van der Waals surface area contributed by atoms with E-state index in [2.05, 4.69) is 4.98 Å². The van der Waals surface area contributed by atoms with Crippen molar-refractivity contribution in [1.82, 2.24) is 4.98 Å². The van der Waals surface area contributed by atoms with Gasteiger partial charge in [0.05, 0.1) is 13.2 Å². The Hall–Kier alpha value is -2.60. The highest BCUT2D eigenvalue weighted by Gasteiger charge is 2.32. The largest absolute Gasteiger partial charge is 0.494 e. The predicted octanol–water partition coefficient (Wildman–Crippen LogP) is 3.44. The van der Waals surface area contributed by atoms with Gasteiger partial charge in [0.15, 0.2) is 5.78 Å². The minimum absolute atomic E-state index is 0.0554. The minimum atomic E-state index is -0.454. The van der Waals surface area contributed by atoms with Crippen molar-refractivity contribution >= 4 is 11.8 Å². The lowest BCUT2D eigenvalue weighted by atomic mass is 9.81. The zero-order valence-corrected chi connectivity index (χ0v) is 16.0. The Balaban J connectivity index is 1.79. The standard InChI is InChI=1S/C21H25NO5/c1-4-26-16-7-5-14(6-8-16)15-11-17-19(18(23)12-15)13(2)20(22-17)21(24)27-10-9-25-3/h5-8,15,22H,4,9-12H2,1-3H3/t15-/m1/s1. The SMILES string of the molecule is CCOc1ccc([C@H]2CC(=O)c3c([nH]c(C(=O)OCCOC)c3C)C2)cc1. The molecule has 6 nitrogen and oxygen atoms in total. The third-order valence-corrected chi connectivity index (χ3v) is 4.88. The van der Waals surface area contributed by atoms with Gasteiger partial charge >= 0.3 is 5.97 Å². The summed E-state index contributed by atoms with van der Waals surface area (Å²) in [6, 6.07) is 7.86. The molecule has 0 spiro atoms. The summed E-state index contributed by atoms with van der Waals surface area (Å²) < 4.78 is 15.6. The van der Waals surface area contributed by atoms with Gasteiger partial charge in [-0.1, -0.05) is 12.1 Å². The molecule has 0 fully saturated rings. The molecule has 0 amide bonds. The highest BCUT2D eigenvalue weighted by Crippen LogP contribution is 2.35. The third kappa shape index (κ3) is 4.06. The van der Waals surface area contributed by atoms with Gasteiger partial charge in [-0.3, -0.25) is 4.79 Å². The number of hydrogen-bond donors (Lipinski definition) is 1. The van der Waals surface area contributed by atoms with Gasteiger partial charge in [0.2, 0.25) is 0 Å². The molecule has 0 radical (unpaired) electrons. The molecule has 1 aliphatic rings. The quantitative estimate of drug-likeness (QED) is 0.596. The molecule has 1 heterocycles. The van der Waals surface area contributed by atoms with Crippen LogP contribution in [0.2, 0.25) is 0 Å². The Labute approximate surface area is 158 Å². The molecule has 1 aromatic heterocycles. The van der Waals surface area contributed by atoms with Gasteiger partial charge in [0.1, 0.15) is 18.1 Å². The molecular formula is C21H25NO5. The van der Waals surface area contributed by atoms with E-state index in [9.17, 15) is 9.59 Å². The van der Waals surface area contributed by atoms with Crippen LogP contribution in [-0.2, 0) is 15.9 Å². The molecule has 0 unspecified atom stereocenters. The molecule has 2 aromatic rings. The van der Waals surface area contributed by atoms with Gasteiger partial charge in [-0.2, -0.15) is 0 Å². The van der Waals surface area contributed by atoms with Crippen molar-refractivity contribution in [2.45, 2.75) is 32.6 Å². The van der Waals surface area contributed by atoms with E-state index in [0.29, 0.717) is 42.9 Å². The molecule has 1 N–H and O–H groups in total. The first-order chi connectivity index (χ1) is 13.0. The molecule has 0 saturated heterocycles. The van der Waals surface area contributed by atoms with Crippen LogP contribution in [0.15, 0.2) is 24.3 Å². The summed E-state index contributed by atoms with van der Waals surface area (Å²) in [6.07, 6.45) is 1.11. The van der Waals surface area contributed by atoms with Crippen molar-refractivity contribution in [3.63, 3.8) is 0 Å². The van der Waals surface area contributed by atoms with Crippen LogP contribution in [0.25, 0.3) is 0 Å². The molecule has 3 rings (SSSR count). The maximum Gasteiger partial charge on any atom is 0.355 e. The van der Waals surface area contributed by atoms with Crippen LogP contribution < -0.4 is 4.74 Å². The Morgan fingerprint density at radius 1 is 1.19 bits per heavy atom. The normalized spacial score (nSPS) is 16.1. The van der Waals surface area contributed by atoms with Crippen LogP contribution in [0.3, 0.4) is 0 Å². The number of esters is 1. The van der Waals surface area contributed by atoms with E-state index in [1.165, 1.54) is 0 Å². The van der Waals surface area contributed by atoms with Crippen molar-refractivity contribution in [2.75, 3.05) is 26.9 Å². The summed E-state index contributed by atoms with van der Waals surface area (Å²) in [5.41, 5.74) is 3.56. The third-order valence-electron chi connectivity index (χ3n) is 4.88. The van der Waals surface area contributed by atoms with Crippen molar-refractivity contribution in [2.24, 2.45) is 0 Å². The number of ether oxygens (including phenoxy) is 3. The number of methoxy groups -OCH3 is 1. The summed E-state index contributed by atoms with van der Waals surface area (Å²) in [5.74, 6) is 0.501. The van der Waals surface area contributed by atoms with E-state index in [1.807, 2.05) is 31.2 Å². The van der Waals surface area contributed by atoms with Gasteiger partial charge in [0, 0.05) is 24.8 Å². The molecule has 144 valence electrons. The minimum Gasteiger partial charge on any atom is -0.494 e. The first kappa shape index (κ1) is 19.2. The first-order valence-corrected chi connectivity index (χ1v) is 9.18. The van der Waals surface area contributed by atoms with Crippen molar-refractivity contribution in [3.8, 4) is 5.75 Å². The number of ketones is 1. The van der Waals surface area contributed by atoms with Crippen LogP contribution in [-0.4, -0.2) is 43.7 Å². The summed E-state index contributed by atoms with van der Waals surface area (Å²) in [6.45, 7) is 4.87. The fourth-order valence-corrected chi connectivity index (χ4v) is 3.57. The number of carbonyl (C=O) groups is 2. The van der Waals surface area contributed by atoms with Gasteiger partial charge < -0.3 is 19.2 Å². The Morgan fingerprint density at radius 3 is 2.59 bits per heavy atom. The van der Waals surface area contributed by atoms with Crippen molar-refractivity contribution in [3.05, 3.63) is 52.3 Å². The molecule has 0 aliphatic heterocycles. The van der Waals surface area contributed by atoms with E-state index in [4.69, 9.17) is 14.2 Å². The monoisotopic (exact) mass is 371 g/mol. The number of rotatable bonds is 7. The van der Waals surface area contributed by atoms with E-state index < -0.39 is 5.97 Å². The molecule has 1 aromatic carbocycles. The van der Waals surface area contributed by atoms with Crippen LogP contribution in [0.1, 0.15) is 56.9 Å². The molecule has 1 atom stereocenters. The van der Waals surface area contributed by atoms with E-state index >= 15 is 0 Å². The van der Waals surface area contributed by atoms with E-state index in [-0.39, 0.29) is 18.3 Å². The number of Topliss-reactive ketones (excluding diaryl/α,β-unsaturated/α-hetero) is 1. The van der Waals surface area contributed by atoms with Crippen LogP contribution in [0, 0.1) is 6.92 Å². The highest BCUT2D eigenvalue weighted by atomic mass is 16.6. The van der Waals surface area contributed by atoms with Crippen molar-refractivity contribution < 1.29 is 23.8 Å². The second-order valence-electron chi connectivity index (χ2n) is 6.64. The molecular weight excluding hydrogens is 346 g/mol. The summed E-state index contributed by atoms with van der Waals surface area (Å²) in [5, 5.41) is 0. The average Bonchev–Trinajstić information content (AvgIpc) is 3.00. The maximum absolute atomic E-state index is 12.7. The number of aromatic amines is 1. The van der Waals surface area contributed by atoms with Gasteiger partial charge in [-0.15, -0.1) is 0 Å². The smallest absolute Gasteiger partial charge is 0.355 e. The average molecular weight is 371 g/mol. The number of aromatic nitrogens is 1. The lowest BCUT2D eigenvalue weighted by Crippen LogP contribution is -2.18. The lowest BCUT2D eigenvalue weighted by Gasteiger charge is -2.22. The van der Waals surface area contributed by atoms with Gasteiger partial charge in [0.25, 0.3) is 0 Å². The fraction of sp³-hybridized carbons (Fsp3) is 0.429. The van der Waals surface area contributed by atoms with Gasteiger partial charge in [-0.25, -0.2) is 4.79 Å². The predicted molar refractivity (Wildman–Crippen MR) is 101 cm³/mol. The number of nitrogens with one attached hydrogen (secondary N) is 1. The Bertz CT molecular complexity index is 822. The fourth-order valence-electron chi connectivity index (χ4n) is 3.57. The molecule has 0 bridgehead atoms. The highest BCUT2D eigenvalue weighted by molar-refractivity contribution is 6.03. The second-order valence-corrected chi connectivity index (χ2v) is 6.64. The summed E-state index contributed by atoms with van der Waals surface area (Å²) in [7, 11) is 1.55. The summed E-state index contributed by atoms with van der Waals surface area (Å²) >= 11 is 0. The van der Waals surface area contributed by atoms with E-state index in [0.717, 1.165) is 17.0 Å². The number of fused-ring (bicyclic) bond motifs is 1. The second kappa shape index (κ2) is 8.39. The van der Waals surface area contributed by atoms with Crippen LogP contribution in [0.4, 0.5) is 0 Å². The number of hydrogen-bond acceptors (Lipinski definition) is 5. The van der Waals surface area contributed by atoms with E-state index in [1.54, 1.807) is 14.0 Å². The Kier molecular flexibility index (Phi) is 5.96. The number of benzene rings is 1. The first-order valence-electron chi connectivity index (χ1n) is 9.18. The summed E-state index contributed by atoms with van der Waals surface area (Å²) in [4.78, 5) is 28.1. The Morgan fingerprint density at radius 2 is 1.93 bits per heavy atom. The zero-order chi connectivity index (χ0) is 19.4. The number of carbonyl (C=O) groups excluding carboxylic acids is 2. The van der Waals surface area contributed by atoms with Gasteiger partial charge in [-0.05, 0) is 49.4 Å². The lowest BCUT2D eigenvalue weighted by molar-refractivity contribution is 0.0381. The number of H-pyrrole nitrogens is 1. The van der Waals surface area contributed by atoms with Crippen LogP contribution in [0.5, 0.6) is 5.75 Å². The van der Waals surface area contributed by atoms with Crippen LogP contribution >= 0.6 is 0 Å². The molecule has 6 heteroatoms. The van der Waals surface area contributed by atoms with Crippen molar-refractivity contribution in [1.29, 1.82) is 0 Å². The maximum atomic E-state index is 12.7.